The van der Waals surface area contributed by atoms with Gasteiger partial charge in [0.05, 0.1) is 33.4 Å². The molecule has 3 aromatic rings. The summed E-state index contributed by atoms with van der Waals surface area (Å²) in [5, 5.41) is 13.0. The number of hydrogen-bond acceptors (Lipinski definition) is 6. The second-order valence-corrected chi connectivity index (χ2v) is 9.83. The number of para-hydroxylation sites is 1. The van der Waals surface area contributed by atoms with E-state index in [1.165, 1.54) is 6.07 Å². The number of aliphatic hydroxyl groups is 1. The number of aromatic amines is 1. The number of benzene rings is 1. The molecule has 1 aliphatic heterocycles. The molecule has 1 aromatic carbocycles. The molecular weight excluding hydrogens is 481 g/mol. The van der Waals surface area contributed by atoms with E-state index in [2.05, 4.69) is 36.2 Å². The Hall–Kier alpha value is -2.72. The minimum atomic E-state index is -0.859. The molecule has 1 fully saturated rings. The van der Waals surface area contributed by atoms with Crippen LogP contribution in [-0.2, 0) is 4.74 Å². The summed E-state index contributed by atoms with van der Waals surface area (Å²) >= 11 is 3.57. The lowest BCUT2D eigenvalue weighted by Gasteiger charge is -2.31. The first-order valence-electron chi connectivity index (χ1n) is 10.3. The van der Waals surface area contributed by atoms with Gasteiger partial charge in [-0.15, -0.1) is 0 Å². The normalized spacial score (nSPS) is 18.9. The molecule has 3 heterocycles. The van der Waals surface area contributed by atoms with Crippen LogP contribution in [0.2, 0.25) is 0 Å². The van der Waals surface area contributed by atoms with Gasteiger partial charge in [0.25, 0.3) is 0 Å². The van der Waals surface area contributed by atoms with E-state index < -0.39 is 23.1 Å². The number of amides is 1. The Morgan fingerprint density at radius 3 is 2.88 bits per heavy atom. The van der Waals surface area contributed by atoms with Crippen molar-refractivity contribution in [2.75, 3.05) is 24.6 Å². The maximum Gasteiger partial charge on any atom is 0.408 e. The van der Waals surface area contributed by atoms with Crippen molar-refractivity contribution in [3.8, 4) is 11.4 Å². The second-order valence-electron chi connectivity index (χ2n) is 8.98. The van der Waals surface area contributed by atoms with Crippen LogP contribution in [0.4, 0.5) is 14.9 Å². The summed E-state index contributed by atoms with van der Waals surface area (Å²) in [5.74, 6) is 0.0760. The number of H-pyrrole nitrogens is 1. The number of imidazole rings is 1. The highest BCUT2D eigenvalue weighted by atomic mass is 79.9. The van der Waals surface area contributed by atoms with Gasteiger partial charge in [0.2, 0.25) is 0 Å². The Balaban J connectivity index is 1.66. The van der Waals surface area contributed by atoms with Crippen LogP contribution in [0.1, 0.15) is 27.2 Å². The van der Waals surface area contributed by atoms with Gasteiger partial charge in [0.15, 0.2) is 5.82 Å². The smallest absolute Gasteiger partial charge is 0.408 e. The summed E-state index contributed by atoms with van der Waals surface area (Å²) in [7, 11) is 0. The number of pyridine rings is 1. The van der Waals surface area contributed by atoms with Crippen molar-refractivity contribution in [3.05, 3.63) is 40.9 Å². The summed E-state index contributed by atoms with van der Waals surface area (Å²) in [6.07, 6.45) is 3.28. The van der Waals surface area contributed by atoms with Gasteiger partial charge in [0.1, 0.15) is 16.9 Å². The molecule has 1 unspecified atom stereocenters. The van der Waals surface area contributed by atoms with Gasteiger partial charge < -0.3 is 25.0 Å². The first kappa shape index (κ1) is 22.5. The van der Waals surface area contributed by atoms with Gasteiger partial charge in [-0.05, 0) is 55.3 Å². The number of carbonyl (C=O) groups excluding carboxylic acids is 1. The van der Waals surface area contributed by atoms with Crippen molar-refractivity contribution in [2.24, 2.45) is 0 Å². The third-order valence-electron chi connectivity index (χ3n) is 5.33. The lowest BCUT2D eigenvalue weighted by molar-refractivity contribution is 0.0417. The van der Waals surface area contributed by atoms with Crippen molar-refractivity contribution >= 4 is 38.7 Å². The van der Waals surface area contributed by atoms with E-state index in [9.17, 15) is 14.3 Å². The molecule has 0 aliphatic carbocycles. The molecule has 1 aliphatic rings. The summed E-state index contributed by atoms with van der Waals surface area (Å²) in [4.78, 5) is 26.3. The lowest BCUT2D eigenvalue weighted by atomic mass is 10.0. The Bertz CT molecular complexity index is 1160. The highest BCUT2D eigenvalue weighted by Gasteiger charge is 2.41. The fraction of sp³-hybridized carbons (Fsp3) is 0.409. The number of aliphatic hydroxyl groups excluding tert-OH is 1. The Morgan fingerprint density at radius 2 is 2.19 bits per heavy atom. The zero-order valence-electron chi connectivity index (χ0n) is 18.1. The molecule has 170 valence electrons. The SMILES string of the molecule is CC(C)(C)OC(=O)NC1(CO)CCN(c2c(Br)cncc2-c2nc3c(F)cccc3[nH]2)C1. The first-order valence-corrected chi connectivity index (χ1v) is 11.1. The van der Waals surface area contributed by atoms with Gasteiger partial charge in [-0.2, -0.15) is 0 Å². The van der Waals surface area contributed by atoms with Gasteiger partial charge in [-0.1, -0.05) is 6.07 Å². The molecular formula is C22H25BrFN5O3. The fourth-order valence-corrected chi connectivity index (χ4v) is 4.48. The monoisotopic (exact) mass is 505 g/mol. The number of fused-ring (bicyclic) bond motifs is 1. The summed E-state index contributed by atoms with van der Waals surface area (Å²) in [6, 6.07) is 4.75. The van der Waals surface area contributed by atoms with Gasteiger partial charge in [0, 0.05) is 25.5 Å². The zero-order chi connectivity index (χ0) is 23.1. The van der Waals surface area contributed by atoms with Gasteiger partial charge >= 0.3 is 6.09 Å². The highest BCUT2D eigenvalue weighted by Crippen LogP contribution is 2.39. The molecule has 32 heavy (non-hydrogen) atoms. The van der Waals surface area contributed by atoms with Gasteiger partial charge in [-0.3, -0.25) is 4.98 Å². The van der Waals surface area contributed by atoms with Crippen molar-refractivity contribution in [1.82, 2.24) is 20.3 Å². The third kappa shape index (κ3) is 4.42. The molecule has 0 saturated carbocycles. The van der Waals surface area contributed by atoms with E-state index in [4.69, 9.17) is 4.74 Å². The van der Waals surface area contributed by atoms with E-state index in [0.717, 1.165) is 10.2 Å². The number of alkyl carbamates (subject to hydrolysis) is 1. The molecule has 1 amide bonds. The van der Waals surface area contributed by atoms with E-state index in [0.29, 0.717) is 36.4 Å². The van der Waals surface area contributed by atoms with Crippen molar-refractivity contribution in [1.29, 1.82) is 0 Å². The Labute approximate surface area is 193 Å². The van der Waals surface area contributed by atoms with Crippen LogP contribution >= 0.6 is 15.9 Å². The van der Waals surface area contributed by atoms with Crippen LogP contribution < -0.4 is 10.2 Å². The largest absolute Gasteiger partial charge is 0.444 e. The maximum absolute atomic E-state index is 14.2. The van der Waals surface area contributed by atoms with Gasteiger partial charge in [-0.25, -0.2) is 14.2 Å². The number of hydrogen-bond donors (Lipinski definition) is 3. The van der Waals surface area contributed by atoms with Crippen LogP contribution in [0.15, 0.2) is 35.1 Å². The van der Waals surface area contributed by atoms with Crippen molar-refractivity contribution in [2.45, 2.75) is 38.3 Å². The molecule has 1 atom stereocenters. The molecule has 8 nitrogen and oxygen atoms in total. The van der Waals surface area contributed by atoms with Crippen molar-refractivity contribution in [3.63, 3.8) is 0 Å². The molecule has 4 rings (SSSR count). The number of nitrogens with zero attached hydrogens (tertiary/aromatic N) is 3. The Kier molecular flexibility index (Phi) is 5.85. The fourth-order valence-electron chi connectivity index (χ4n) is 3.90. The van der Waals surface area contributed by atoms with Crippen LogP contribution in [0.25, 0.3) is 22.4 Å². The molecule has 3 N–H and O–H groups in total. The number of ether oxygens (including phenoxy) is 1. The number of anilines is 1. The van der Waals surface area contributed by atoms with Crippen LogP contribution in [0.3, 0.4) is 0 Å². The summed E-state index contributed by atoms with van der Waals surface area (Å²) < 4.78 is 20.3. The average molecular weight is 506 g/mol. The summed E-state index contributed by atoms with van der Waals surface area (Å²) in [6.45, 7) is 6.05. The number of nitrogens with one attached hydrogen (secondary N) is 2. The van der Waals surface area contributed by atoms with Crippen LogP contribution in [-0.4, -0.2) is 57.0 Å². The molecule has 0 radical (unpaired) electrons. The van der Waals surface area contributed by atoms with Crippen LogP contribution in [0.5, 0.6) is 0 Å². The molecule has 10 heteroatoms. The van der Waals surface area contributed by atoms with E-state index in [1.54, 1.807) is 45.3 Å². The molecule has 0 spiro atoms. The second kappa shape index (κ2) is 8.32. The van der Waals surface area contributed by atoms with E-state index in [-0.39, 0.29) is 12.1 Å². The minimum Gasteiger partial charge on any atom is -0.444 e. The third-order valence-corrected chi connectivity index (χ3v) is 5.91. The number of rotatable bonds is 4. The van der Waals surface area contributed by atoms with E-state index in [1.807, 2.05) is 4.90 Å². The van der Waals surface area contributed by atoms with Crippen molar-refractivity contribution < 1.29 is 19.0 Å². The number of aromatic nitrogens is 3. The standard InChI is InChI=1S/C22H25BrFN5O3/c1-21(2,3)32-20(31)28-22(12-30)7-8-29(11-22)18-13(9-25-10-14(18)23)19-26-16-6-4-5-15(24)17(16)27-19/h4-6,9-10,30H,7-8,11-12H2,1-3H3,(H,26,27)(H,28,31). The molecule has 0 bridgehead atoms. The number of halogens is 2. The zero-order valence-corrected chi connectivity index (χ0v) is 19.7. The topological polar surface area (TPSA) is 103 Å². The molecule has 1 saturated heterocycles. The highest BCUT2D eigenvalue weighted by molar-refractivity contribution is 9.10. The predicted molar refractivity (Wildman–Crippen MR) is 123 cm³/mol. The first-order chi connectivity index (χ1) is 15.1. The predicted octanol–water partition coefficient (Wildman–Crippen LogP) is 3.99. The Morgan fingerprint density at radius 1 is 1.41 bits per heavy atom. The lowest BCUT2D eigenvalue weighted by Crippen LogP contribution is -2.54. The summed E-state index contributed by atoms with van der Waals surface area (Å²) in [5.41, 5.74) is 0.815. The number of carbonyl (C=O) groups is 1. The van der Waals surface area contributed by atoms with E-state index >= 15 is 0 Å². The maximum atomic E-state index is 14.2. The molecule has 2 aromatic heterocycles. The minimum absolute atomic E-state index is 0.239. The average Bonchev–Trinajstić information content (AvgIpc) is 3.32. The van der Waals surface area contributed by atoms with Crippen LogP contribution in [0, 0.1) is 5.82 Å². The quantitative estimate of drug-likeness (QED) is 0.495.